The van der Waals surface area contributed by atoms with Gasteiger partial charge in [-0.15, -0.1) is 0 Å². The molecule has 5 heteroatoms. The van der Waals surface area contributed by atoms with E-state index in [0.717, 1.165) is 61.9 Å². The fourth-order valence-electron chi connectivity index (χ4n) is 6.65. The number of furan rings is 1. The Hall–Kier alpha value is -5.81. The molecule has 0 fully saturated rings. The lowest BCUT2D eigenvalue weighted by molar-refractivity contribution is 0.477. The van der Waals surface area contributed by atoms with Crippen LogP contribution in [0, 0.1) is 0 Å². The summed E-state index contributed by atoms with van der Waals surface area (Å²) >= 11 is 0. The van der Waals surface area contributed by atoms with Gasteiger partial charge in [0.15, 0.2) is 5.82 Å². The second kappa shape index (κ2) is 9.89. The second-order valence-electron chi connectivity index (χ2n) is 11.2. The number of fused-ring (bicyclic) bond motifs is 7. The van der Waals surface area contributed by atoms with Crippen LogP contribution in [0.25, 0.3) is 50.9 Å². The first-order valence-corrected chi connectivity index (χ1v) is 14.9. The van der Waals surface area contributed by atoms with E-state index in [0.29, 0.717) is 5.82 Å². The Bertz CT molecular complexity index is 2130. The van der Waals surface area contributed by atoms with Gasteiger partial charge in [-0.05, 0) is 35.9 Å². The molecule has 0 bridgehead atoms. The Balaban J connectivity index is 1.15. The lowest BCUT2D eigenvalue weighted by Gasteiger charge is -2.29. The van der Waals surface area contributed by atoms with Crippen LogP contribution < -0.4 is 4.90 Å². The molecule has 4 aromatic carbocycles. The number of anilines is 2. The lowest BCUT2D eigenvalue weighted by atomic mass is 9.86. The second-order valence-corrected chi connectivity index (χ2v) is 11.2. The van der Waals surface area contributed by atoms with Crippen LogP contribution in [0.5, 0.6) is 0 Å². The maximum absolute atomic E-state index is 6.55. The van der Waals surface area contributed by atoms with Gasteiger partial charge in [0, 0.05) is 45.4 Å². The zero-order chi connectivity index (χ0) is 29.0. The summed E-state index contributed by atoms with van der Waals surface area (Å²) in [5.74, 6) is 2.65. The van der Waals surface area contributed by atoms with E-state index in [2.05, 4.69) is 95.9 Å². The maximum atomic E-state index is 6.55. The maximum Gasteiger partial charge on any atom is 0.161 e. The first-order valence-electron chi connectivity index (χ1n) is 14.9. The average Bonchev–Trinajstić information content (AvgIpc) is 3.65. The minimum Gasteiger partial charge on any atom is -0.458 e. The molecule has 5 nitrogen and oxygen atoms in total. The molecule has 4 heterocycles. The van der Waals surface area contributed by atoms with Crippen LogP contribution in [0.3, 0.4) is 0 Å². The topological polar surface area (TPSA) is 55.1 Å². The van der Waals surface area contributed by atoms with Gasteiger partial charge in [0.25, 0.3) is 0 Å². The van der Waals surface area contributed by atoms with Gasteiger partial charge in [0.2, 0.25) is 0 Å². The average molecular weight is 567 g/mol. The van der Waals surface area contributed by atoms with E-state index in [-0.39, 0.29) is 12.0 Å². The number of aromatic nitrogens is 3. The highest BCUT2D eigenvalue weighted by molar-refractivity contribution is 5.91. The van der Waals surface area contributed by atoms with Gasteiger partial charge in [0.1, 0.15) is 23.2 Å². The summed E-state index contributed by atoms with van der Waals surface area (Å²) in [4.78, 5) is 17.3. The molecule has 0 radical (unpaired) electrons. The molecule has 0 N–H and O–H groups in total. The van der Waals surface area contributed by atoms with Crippen molar-refractivity contribution in [2.24, 2.45) is 0 Å². The summed E-state index contributed by atoms with van der Waals surface area (Å²) < 4.78 is 6.55. The molecular formula is C39H26N4O. The van der Waals surface area contributed by atoms with Crippen molar-refractivity contribution in [2.75, 3.05) is 4.90 Å². The van der Waals surface area contributed by atoms with Crippen molar-refractivity contribution >= 4 is 28.6 Å². The summed E-state index contributed by atoms with van der Waals surface area (Å²) in [5, 5.41) is 1.14. The molecule has 2 aliphatic rings. The highest BCUT2D eigenvalue weighted by Crippen LogP contribution is 2.56. The number of benzene rings is 4. The number of hydrogen-bond donors (Lipinski definition) is 0. The molecule has 0 saturated heterocycles. The van der Waals surface area contributed by atoms with E-state index in [1.165, 1.54) is 5.56 Å². The summed E-state index contributed by atoms with van der Waals surface area (Å²) in [6.07, 6.45) is 6.43. The van der Waals surface area contributed by atoms with Crippen molar-refractivity contribution in [3.63, 3.8) is 0 Å². The van der Waals surface area contributed by atoms with Gasteiger partial charge in [-0.2, -0.15) is 0 Å². The van der Waals surface area contributed by atoms with Crippen LogP contribution in [-0.4, -0.2) is 15.0 Å². The third-order valence-electron chi connectivity index (χ3n) is 8.69. The van der Waals surface area contributed by atoms with Crippen molar-refractivity contribution in [3.8, 4) is 33.9 Å². The lowest BCUT2D eigenvalue weighted by Crippen LogP contribution is -2.24. The Kier molecular flexibility index (Phi) is 5.56. The first kappa shape index (κ1) is 24.8. The van der Waals surface area contributed by atoms with Crippen LogP contribution in [0.4, 0.5) is 11.5 Å². The molecule has 0 saturated carbocycles. The summed E-state index contributed by atoms with van der Waals surface area (Å²) in [5.41, 5.74) is 9.19. The molecular weight excluding hydrogens is 540 g/mol. The quantitative estimate of drug-likeness (QED) is 0.212. The van der Waals surface area contributed by atoms with Crippen LogP contribution >= 0.6 is 0 Å². The number of nitrogens with zero attached hydrogens (tertiary/aromatic N) is 4. The number of rotatable bonds is 4. The molecule has 7 aromatic rings. The van der Waals surface area contributed by atoms with E-state index in [4.69, 9.17) is 19.4 Å². The predicted molar refractivity (Wildman–Crippen MR) is 175 cm³/mol. The van der Waals surface area contributed by atoms with E-state index >= 15 is 0 Å². The van der Waals surface area contributed by atoms with Gasteiger partial charge < -0.3 is 9.32 Å². The normalized spacial score (nSPS) is 16.5. The van der Waals surface area contributed by atoms with Gasteiger partial charge in [-0.1, -0.05) is 109 Å². The SMILES string of the molecule is C1=CC2c3ccccc3N(c3ccc(-c4nc(-c5ccccc5)cc(-c5ccccc5)n4)cn3)C2c2oc3ccccc3c21. The summed E-state index contributed by atoms with van der Waals surface area (Å²) in [7, 11) is 0. The van der Waals surface area contributed by atoms with Gasteiger partial charge in [-0.3, -0.25) is 0 Å². The van der Waals surface area contributed by atoms with Crippen molar-refractivity contribution in [2.45, 2.75) is 12.0 Å². The molecule has 1 aliphatic heterocycles. The molecule has 208 valence electrons. The Morgan fingerprint density at radius 3 is 2.05 bits per heavy atom. The van der Waals surface area contributed by atoms with Crippen LogP contribution in [0.2, 0.25) is 0 Å². The molecule has 3 aromatic heterocycles. The van der Waals surface area contributed by atoms with Gasteiger partial charge in [-0.25, -0.2) is 15.0 Å². The minimum atomic E-state index is -0.0273. The minimum absolute atomic E-state index is 0.0273. The third-order valence-corrected chi connectivity index (χ3v) is 8.69. The van der Waals surface area contributed by atoms with Crippen LogP contribution in [-0.2, 0) is 0 Å². The van der Waals surface area contributed by atoms with Crippen molar-refractivity contribution in [1.29, 1.82) is 0 Å². The third kappa shape index (κ3) is 3.90. The highest BCUT2D eigenvalue weighted by atomic mass is 16.3. The van der Waals surface area contributed by atoms with Gasteiger partial charge >= 0.3 is 0 Å². The molecule has 2 atom stereocenters. The summed E-state index contributed by atoms with van der Waals surface area (Å²) in [6, 6.07) is 43.5. The number of para-hydroxylation sites is 2. The van der Waals surface area contributed by atoms with E-state index < -0.39 is 0 Å². The van der Waals surface area contributed by atoms with Crippen molar-refractivity contribution in [1.82, 2.24) is 15.0 Å². The fourth-order valence-corrected chi connectivity index (χ4v) is 6.65. The zero-order valence-electron chi connectivity index (χ0n) is 23.7. The molecule has 2 unspecified atom stereocenters. The number of hydrogen-bond acceptors (Lipinski definition) is 5. The Morgan fingerprint density at radius 2 is 1.32 bits per heavy atom. The zero-order valence-corrected chi connectivity index (χ0v) is 23.7. The fraction of sp³-hybridized carbons (Fsp3) is 0.0513. The molecule has 0 amide bonds. The van der Waals surface area contributed by atoms with E-state index in [9.17, 15) is 0 Å². The van der Waals surface area contributed by atoms with Crippen LogP contribution in [0.1, 0.15) is 28.8 Å². The van der Waals surface area contributed by atoms with Crippen LogP contribution in [0.15, 0.2) is 144 Å². The Labute approximate surface area is 254 Å². The largest absolute Gasteiger partial charge is 0.458 e. The number of pyridine rings is 1. The van der Waals surface area contributed by atoms with E-state index in [1.807, 2.05) is 54.7 Å². The smallest absolute Gasteiger partial charge is 0.161 e. The van der Waals surface area contributed by atoms with E-state index in [1.54, 1.807) is 0 Å². The molecule has 0 spiro atoms. The monoisotopic (exact) mass is 566 g/mol. The van der Waals surface area contributed by atoms with Gasteiger partial charge in [0.05, 0.1) is 11.4 Å². The highest BCUT2D eigenvalue weighted by Gasteiger charge is 2.44. The van der Waals surface area contributed by atoms with Crippen molar-refractivity contribution in [3.05, 3.63) is 157 Å². The van der Waals surface area contributed by atoms with Crippen molar-refractivity contribution < 1.29 is 4.42 Å². The molecule has 1 aliphatic carbocycles. The standard InChI is InChI=1S/C39H26N4O/c1-3-11-25(12-4-1)32-23-33(26-13-5-2-6-14-26)42-39(41-32)27-19-22-36(40-24-27)43-34-17-9-7-15-28(34)30-20-21-31-29-16-8-10-18-35(29)44-38(31)37(30)43/h1-24,30,37H. The Morgan fingerprint density at radius 1 is 0.636 bits per heavy atom. The first-order chi connectivity index (χ1) is 21.8. The molecule has 9 rings (SSSR count). The summed E-state index contributed by atoms with van der Waals surface area (Å²) in [6.45, 7) is 0. The molecule has 44 heavy (non-hydrogen) atoms. The predicted octanol–water partition coefficient (Wildman–Crippen LogP) is 9.62.